The predicted molar refractivity (Wildman–Crippen MR) is 78.1 cm³/mol. The molecule has 0 bridgehead atoms. The molecule has 0 aliphatic carbocycles. The second kappa shape index (κ2) is 11.0. The van der Waals surface area contributed by atoms with Crippen molar-refractivity contribution in [2.24, 2.45) is 0 Å². The van der Waals surface area contributed by atoms with Crippen molar-refractivity contribution in [3.8, 4) is 0 Å². The summed E-state index contributed by atoms with van der Waals surface area (Å²) in [6.45, 7) is -2.88. The molecule has 0 spiro atoms. The largest absolute Gasteiger partial charge is 0.455 e. The highest BCUT2D eigenvalue weighted by Crippen LogP contribution is 2.27. The van der Waals surface area contributed by atoms with Crippen LogP contribution in [0.1, 0.15) is 12.8 Å². The monoisotopic (exact) mass is 382 g/mol. The van der Waals surface area contributed by atoms with Gasteiger partial charge in [-0.2, -0.15) is 0 Å². The first kappa shape index (κ1) is 22.2. The topological polar surface area (TPSA) is 189 Å². The Morgan fingerprint density at radius 3 is 1.85 bits per heavy atom. The van der Waals surface area contributed by atoms with Crippen LogP contribution in [-0.2, 0) is 33.3 Å². The maximum atomic E-state index is 11.7. The van der Waals surface area contributed by atoms with Gasteiger partial charge >= 0.3 is 17.9 Å². The molecule has 12 nitrogen and oxygen atoms in total. The molecule has 1 aliphatic rings. The molecule has 5 atom stereocenters. The van der Waals surface area contributed by atoms with Crippen LogP contribution in [0.5, 0.6) is 0 Å². The Bertz CT molecular complexity index is 481. The summed E-state index contributed by atoms with van der Waals surface area (Å²) in [5.74, 6) is -3.09. The molecule has 0 aromatic carbocycles. The zero-order chi connectivity index (χ0) is 19.7. The summed E-state index contributed by atoms with van der Waals surface area (Å²) >= 11 is 0. The van der Waals surface area contributed by atoms with E-state index in [0.29, 0.717) is 0 Å². The zero-order valence-corrected chi connectivity index (χ0v) is 13.7. The molecule has 1 aliphatic heterocycles. The fourth-order valence-electron chi connectivity index (χ4n) is 2.17. The van der Waals surface area contributed by atoms with E-state index in [1.54, 1.807) is 0 Å². The van der Waals surface area contributed by atoms with Gasteiger partial charge in [-0.3, -0.25) is 9.59 Å². The molecular weight excluding hydrogens is 360 g/mol. The Morgan fingerprint density at radius 1 is 0.808 bits per heavy atom. The number of hydrogen-bond donors (Lipinski definition) is 5. The quantitative estimate of drug-likeness (QED) is 0.193. The van der Waals surface area contributed by atoms with E-state index >= 15 is 0 Å². The van der Waals surface area contributed by atoms with Gasteiger partial charge in [0.05, 0.1) is 32.7 Å². The van der Waals surface area contributed by atoms with Crippen LogP contribution < -0.4 is 0 Å². The number of ether oxygens (including phenoxy) is 4. The van der Waals surface area contributed by atoms with Gasteiger partial charge in [-0.25, -0.2) is 4.79 Å². The standard InChI is InChI=1S/C14H22O12/c15-3-1-8(19)24-12-11(22)7(5-17)23-14(26-9(20)2-4-16)13(12)25-10(21)6-18/h7,11-18,22H,1-6H2. The molecule has 12 heteroatoms. The summed E-state index contributed by atoms with van der Waals surface area (Å²) in [6.07, 6.45) is -8.80. The zero-order valence-electron chi connectivity index (χ0n) is 13.7. The number of carbonyl (C=O) groups excluding carboxylic acids is 3. The molecule has 0 radical (unpaired) electrons. The van der Waals surface area contributed by atoms with Crippen LogP contribution in [0.3, 0.4) is 0 Å². The Labute approximate surface area is 147 Å². The lowest BCUT2D eigenvalue weighted by Crippen LogP contribution is -2.62. The molecule has 1 fully saturated rings. The molecule has 1 heterocycles. The van der Waals surface area contributed by atoms with Crippen LogP contribution in [0.2, 0.25) is 0 Å². The van der Waals surface area contributed by atoms with Gasteiger partial charge in [-0.15, -0.1) is 0 Å². The summed E-state index contributed by atoms with van der Waals surface area (Å²) in [6, 6.07) is 0. The van der Waals surface area contributed by atoms with Crippen molar-refractivity contribution in [2.75, 3.05) is 26.4 Å². The maximum absolute atomic E-state index is 11.7. The summed E-state index contributed by atoms with van der Waals surface area (Å²) in [5, 5.41) is 45.8. The fraction of sp³-hybridized carbons (Fsp3) is 0.786. The van der Waals surface area contributed by atoms with Crippen LogP contribution >= 0.6 is 0 Å². The number of carbonyl (C=O) groups is 3. The minimum atomic E-state index is -1.68. The summed E-state index contributed by atoms with van der Waals surface area (Å²) in [4.78, 5) is 34.7. The van der Waals surface area contributed by atoms with E-state index in [9.17, 15) is 24.6 Å². The van der Waals surface area contributed by atoms with Crippen molar-refractivity contribution in [3.05, 3.63) is 0 Å². The third kappa shape index (κ3) is 6.16. The predicted octanol–water partition coefficient (Wildman–Crippen LogP) is -3.81. The first-order valence-electron chi connectivity index (χ1n) is 7.73. The number of esters is 3. The number of aliphatic hydroxyl groups excluding tert-OH is 5. The van der Waals surface area contributed by atoms with Gasteiger partial charge in [0, 0.05) is 0 Å². The van der Waals surface area contributed by atoms with Crippen molar-refractivity contribution in [3.63, 3.8) is 0 Å². The summed E-state index contributed by atoms with van der Waals surface area (Å²) in [5.41, 5.74) is 0. The average molecular weight is 382 g/mol. The van der Waals surface area contributed by atoms with E-state index in [1.165, 1.54) is 0 Å². The molecule has 5 N–H and O–H groups in total. The smallest absolute Gasteiger partial charge is 0.332 e. The van der Waals surface area contributed by atoms with Crippen LogP contribution in [0.25, 0.3) is 0 Å². The van der Waals surface area contributed by atoms with Crippen LogP contribution in [0.4, 0.5) is 0 Å². The first-order chi connectivity index (χ1) is 12.4. The van der Waals surface area contributed by atoms with Crippen LogP contribution in [0, 0.1) is 0 Å². The first-order valence-corrected chi connectivity index (χ1v) is 7.73. The lowest BCUT2D eigenvalue weighted by atomic mass is 9.98. The third-order valence-corrected chi connectivity index (χ3v) is 3.34. The van der Waals surface area contributed by atoms with Crippen molar-refractivity contribution >= 4 is 17.9 Å². The normalized spacial score (nSPS) is 28.3. The minimum Gasteiger partial charge on any atom is -0.455 e. The Balaban J connectivity index is 3.07. The molecule has 5 unspecified atom stereocenters. The molecule has 1 rings (SSSR count). The van der Waals surface area contributed by atoms with Gasteiger partial charge in [0.15, 0.2) is 6.10 Å². The molecule has 26 heavy (non-hydrogen) atoms. The summed E-state index contributed by atoms with van der Waals surface area (Å²) < 4.78 is 19.9. The molecular formula is C14H22O12. The average Bonchev–Trinajstić information content (AvgIpc) is 2.60. The van der Waals surface area contributed by atoms with Crippen LogP contribution in [0.15, 0.2) is 0 Å². The maximum Gasteiger partial charge on any atom is 0.332 e. The van der Waals surface area contributed by atoms with Gasteiger partial charge in [-0.05, 0) is 0 Å². The lowest BCUT2D eigenvalue weighted by molar-refractivity contribution is -0.299. The Morgan fingerprint density at radius 2 is 1.35 bits per heavy atom. The molecule has 0 aromatic heterocycles. The van der Waals surface area contributed by atoms with Gasteiger partial charge in [0.2, 0.25) is 12.4 Å². The molecule has 150 valence electrons. The Kier molecular flexibility index (Phi) is 9.40. The van der Waals surface area contributed by atoms with Gasteiger partial charge in [-0.1, -0.05) is 0 Å². The summed E-state index contributed by atoms with van der Waals surface area (Å²) in [7, 11) is 0. The van der Waals surface area contributed by atoms with Crippen molar-refractivity contribution in [1.29, 1.82) is 0 Å². The second-order valence-electron chi connectivity index (χ2n) is 5.22. The molecule has 0 amide bonds. The van der Waals surface area contributed by atoms with E-state index < -0.39 is 87.9 Å². The highest BCUT2D eigenvalue weighted by Gasteiger charge is 2.51. The van der Waals surface area contributed by atoms with E-state index in [2.05, 4.69) is 0 Å². The number of hydrogen-bond acceptors (Lipinski definition) is 12. The van der Waals surface area contributed by atoms with Crippen molar-refractivity contribution in [1.82, 2.24) is 0 Å². The SMILES string of the molecule is O=C(CCO)OC1OC(CO)C(O)C(OC(=O)CCO)C1OC(=O)CO. The van der Waals surface area contributed by atoms with Gasteiger partial charge < -0.3 is 44.5 Å². The van der Waals surface area contributed by atoms with Crippen molar-refractivity contribution < 1.29 is 58.9 Å². The second-order valence-corrected chi connectivity index (χ2v) is 5.22. The number of aliphatic hydroxyl groups is 5. The minimum absolute atomic E-state index is 0.415. The van der Waals surface area contributed by atoms with Gasteiger partial charge in [0.1, 0.15) is 18.8 Å². The highest BCUT2D eigenvalue weighted by molar-refractivity contribution is 5.72. The highest BCUT2D eigenvalue weighted by atomic mass is 16.7. The van der Waals surface area contributed by atoms with E-state index in [0.717, 1.165) is 0 Å². The van der Waals surface area contributed by atoms with E-state index in [-0.39, 0.29) is 0 Å². The van der Waals surface area contributed by atoms with Gasteiger partial charge in [0.25, 0.3) is 0 Å². The molecule has 0 saturated carbocycles. The van der Waals surface area contributed by atoms with E-state index in [4.69, 9.17) is 34.3 Å². The number of rotatable bonds is 9. The Hall–Kier alpha value is -1.83. The fourth-order valence-corrected chi connectivity index (χ4v) is 2.17. The van der Waals surface area contributed by atoms with Crippen molar-refractivity contribution in [2.45, 2.75) is 43.5 Å². The lowest BCUT2D eigenvalue weighted by Gasteiger charge is -2.42. The van der Waals surface area contributed by atoms with Crippen LogP contribution in [-0.4, -0.2) is 101 Å². The molecule has 1 saturated heterocycles. The molecule has 0 aromatic rings. The van der Waals surface area contributed by atoms with E-state index in [1.807, 2.05) is 0 Å². The third-order valence-electron chi connectivity index (χ3n) is 3.34.